The highest BCUT2D eigenvalue weighted by molar-refractivity contribution is 5.77. The Balaban J connectivity index is 1.93. The molecular weight excluding hydrogens is 236 g/mol. The molecule has 102 valence electrons. The van der Waals surface area contributed by atoms with Crippen molar-refractivity contribution in [3.8, 4) is 0 Å². The molecule has 0 saturated carbocycles. The van der Waals surface area contributed by atoms with Crippen LogP contribution in [0.2, 0.25) is 0 Å². The quantitative estimate of drug-likeness (QED) is 0.850. The van der Waals surface area contributed by atoms with E-state index in [0.29, 0.717) is 12.3 Å². The molecule has 0 aliphatic carbocycles. The molecule has 0 aromatic heterocycles. The summed E-state index contributed by atoms with van der Waals surface area (Å²) in [5, 5.41) is 6.55. The Labute approximate surface area is 114 Å². The highest BCUT2D eigenvalue weighted by Crippen LogP contribution is 2.42. The summed E-state index contributed by atoms with van der Waals surface area (Å²) in [4.78, 5) is 11.5. The Morgan fingerprint density at radius 1 is 1.11 bits per heavy atom. The molecule has 19 heavy (non-hydrogen) atoms. The van der Waals surface area contributed by atoms with E-state index in [1.807, 2.05) is 0 Å². The molecule has 1 amide bonds. The number of amides is 1. The van der Waals surface area contributed by atoms with Crippen LogP contribution in [0.25, 0.3) is 0 Å². The topological polar surface area (TPSA) is 41.1 Å². The molecule has 3 rings (SSSR count). The van der Waals surface area contributed by atoms with E-state index in [2.05, 4.69) is 41.0 Å². The minimum Gasteiger partial charge on any atom is -0.355 e. The number of rotatable bonds is 2. The van der Waals surface area contributed by atoms with Gasteiger partial charge in [-0.15, -0.1) is 0 Å². The van der Waals surface area contributed by atoms with E-state index in [1.165, 1.54) is 18.4 Å². The van der Waals surface area contributed by atoms with Gasteiger partial charge in [-0.3, -0.25) is 4.79 Å². The second kappa shape index (κ2) is 5.33. The molecule has 2 fully saturated rings. The summed E-state index contributed by atoms with van der Waals surface area (Å²) in [7, 11) is 0. The summed E-state index contributed by atoms with van der Waals surface area (Å²) in [5.74, 6) is 0.886. The van der Waals surface area contributed by atoms with Crippen molar-refractivity contribution >= 4 is 5.91 Å². The van der Waals surface area contributed by atoms with Crippen molar-refractivity contribution in [1.29, 1.82) is 0 Å². The summed E-state index contributed by atoms with van der Waals surface area (Å²) in [6, 6.07) is 10.8. The van der Waals surface area contributed by atoms with Crippen LogP contribution < -0.4 is 10.6 Å². The molecule has 1 unspecified atom stereocenters. The fourth-order valence-electron chi connectivity index (χ4n) is 3.74. The highest BCUT2D eigenvalue weighted by atomic mass is 16.1. The second-order valence-electron chi connectivity index (χ2n) is 5.82. The van der Waals surface area contributed by atoms with Gasteiger partial charge >= 0.3 is 0 Å². The molecule has 0 spiro atoms. The molecule has 2 heterocycles. The summed E-state index contributed by atoms with van der Waals surface area (Å²) < 4.78 is 0. The number of hydrogen-bond donors (Lipinski definition) is 2. The Hall–Kier alpha value is -1.35. The zero-order chi connectivity index (χ0) is 13.1. The van der Waals surface area contributed by atoms with Crippen molar-refractivity contribution in [2.45, 2.75) is 31.1 Å². The lowest BCUT2D eigenvalue weighted by Gasteiger charge is -2.45. The van der Waals surface area contributed by atoms with Crippen LogP contribution in [0.1, 0.15) is 31.2 Å². The minimum atomic E-state index is 0.150. The molecule has 0 bridgehead atoms. The van der Waals surface area contributed by atoms with E-state index in [1.54, 1.807) is 0 Å². The molecule has 1 aromatic carbocycles. The smallest absolute Gasteiger partial charge is 0.220 e. The van der Waals surface area contributed by atoms with Crippen LogP contribution in [0.15, 0.2) is 30.3 Å². The summed E-state index contributed by atoms with van der Waals surface area (Å²) in [6.45, 7) is 3.01. The van der Waals surface area contributed by atoms with Gasteiger partial charge in [0.15, 0.2) is 0 Å². The van der Waals surface area contributed by atoms with Crippen molar-refractivity contribution in [2.24, 2.45) is 5.92 Å². The first kappa shape index (κ1) is 12.7. The lowest BCUT2D eigenvalue weighted by atomic mass is 9.63. The van der Waals surface area contributed by atoms with Gasteiger partial charge < -0.3 is 10.6 Å². The van der Waals surface area contributed by atoms with Gasteiger partial charge in [-0.2, -0.15) is 0 Å². The number of nitrogens with one attached hydrogen (secondary N) is 2. The van der Waals surface area contributed by atoms with Gasteiger partial charge in [0.25, 0.3) is 0 Å². The lowest BCUT2D eigenvalue weighted by Crippen LogP contribution is -2.52. The number of carbonyl (C=O) groups is 1. The molecule has 2 saturated heterocycles. The SMILES string of the molecule is O=C1CCC(c2ccccc2)(C2CCNCC2)CN1. The first-order valence-corrected chi connectivity index (χ1v) is 7.34. The molecule has 3 heteroatoms. The van der Waals surface area contributed by atoms with Gasteiger partial charge in [-0.05, 0) is 43.8 Å². The fraction of sp³-hybridized carbons (Fsp3) is 0.562. The van der Waals surface area contributed by atoms with E-state index in [9.17, 15) is 4.79 Å². The van der Waals surface area contributed by atoms with Gasteiger partial charge in [0, 0.05) is 18.4 Å². The minimum absolute atomic E-state index is 0.150. The molecule has 2 aliphatic heterocycles. The summed E-state index contributed by atoms with van der Waals surface area (Å²) >= 11 is 0. The van der Waals surface area contributed by atoms with E-state index in [-0.39, 0.29) is 11.3 Å². The third kappa shape index (κ3) is 2.39. The Morgan fingerprint density at radius 2 is 1.84 bits per heavy atom. The molecule has 3 nitrogen and oxygen atoms in total. The monoisotopic (exact) mass is 258 g/mol. The van der Waals surface area contributed by atoms with Crippen molar-refractivity contribution in [3.05, 3.63) is 35.9 Å². The maximum Gasteiger partial charge on any atom is 0.220 e. The maximum absolute atomic E-state index is 11.5. The van der Waals surface area contributed by atoms with Crippen LogP contribution in [0.4, 0.5) is 0 Å². The molecule has 1 aromatic rings. The largest absolute Gasteiger partial charge is 0.355 e. The van der Waals surface area contributed by atoms with Crippen molar-refractivity contribution in [2.75, 3.05) is 19.6 Å². The molecule has 2 aliphatic rings. The number of hydrogen-bond acceptors (Lipinski definition) is 2. The Morgan fingerprint density at radius 3 is 2.47 bits per heavy atom. The maximum atomic E-state index is 11.5. The van der Waals surface area contributed by atoms with Crippen molar-refractivity contribution in [1.82, 2.24) is 10.6 Å². The van der Waals surface area contributed by atoms with Gasteiger partial charge in [-0.25, -0.2) is 0 Å². The Kier molecular flexibility index (Phi) is 3.56. The van der Waals surface area contributed by atoms with Crippen LogP contribution in [-0.2, 0) is 10.2 Å². The first-order chi connectivity index (χ1) is 9.31. The zero-order valence-corrected chi connectivity index (χ0v) is 11.3. The van der Waals surface area contributed by atoms with Crippen LogP contribution in [0, 0.1) is 5.92 Å². The van der Waals surface area contributed by atoms with E-state index in [0.717, 1.165) is 26.1 Å². The van der Waals surface area contributed by atoms with Gasteiger partial charge in [0.2, 0.25) is 5.91 Å². The fourth-order valence-corrected chi connectivity index (χ4v) is 3.74. The van der Waals surface area contributed by atoms with Crippen LogP contribution in [0.5, 0.6) is 0 Å². The number of benzene rings is 1. The second-order valence-corrected chi connectivity index (χ2v) is 5.82. The van der Waals surface area contributed by atoms with E-state index >= 15 is 0 Å². The first-order valence-electron chi connectivity index (χ1n) is 7.34. The molecular formula is C16H22N2O. The van der Waals surface area contributed by atoms with Crippen molar-refractivity contribution < 1.29 is 4.79 Å². The summed E-state index contributed by atoms with van der Waals surface area (Å²) in [6.07, 6.45) is 4.09. The predicted molar refractivity (Wildman–Crippen MR) is 76.0 cm³/mol. The zero-order valence-electron chi connectivity index (χ0n) is 11.3. The van der Waals surface area contributed by atoms with E-state index < -0.39 is 0 Å². The standard InChI is InChI=1S/C16H22N2O/c19-15-6-9-16(12-18-15,13-4-2-1-3-5-13)14-7-10-17-11-8-14/h1-5,14,17H,6-12H2,(H,18,19). The van der Waals surface area contributed by atoms with Crippen LogP contribution >= 0.6 is 0 Å². The third-order valence-corrected chi connectivity index (χ3v) is 4.87. The lowest BCUT2D eigenvalue weighted by molar-refractivity contribution is -0.123. The van der Waals surface area contributed by atoms with Gasteiger partial charge in [0.1, 0.15) is 0 Å². The van der Waals surface area contributed by atoms with Crippen molar-refractivity contribution in [3.63, 3.8) is 0 Å². The average molecular weight is 258 g/mol. The summed E-state index contributed by atoms with van der Waals surface area (Å²) in [5.41, 5.74) is 1.55. The normalized spacial score (nSPS) is 28.9. The number of carbonyl (C=O) groups excluding carboxylic acids is 1. The third-order valence-electron chi connectivity index (χ3n) is 4.87. The highest BCUT2D eigenvalue weighted by Gasteiger charge is 2.43. The van der Waals surface area contributed by atoms with E-state index in [4.69, 9.17) is 0 Å². The molecule has 0 radical (unpaired) electrons. The molecule has 1 atom stereocenters. The van der Waals surface area contributed by atoms with Gasteiger partial charge in [0.05, 0.1) is 0 Å². The predicted octanol–water partition coefficient (Wildman–Crippen LogP) is 1.83. The Bertz CT molecular complexity index is 427. The molecule has 2 N–H and O–H groups in total. The van der Waals surface area contributed by atoms with Crippen LogP contribution in [-0.4, -0.2) is 25.5 Å². The van der Waals surface area contributed by atoms with Gasteiger partial charge in [-0.1, -0.05) is 30.3 Å². The van der Waals surface area contributed by atoms with Crippen LogP contribution in [0.3, 0.4) is 0 Å². The number of piperidine rings is 2. The average Bonchev–Trinajstić information content (AvgIpc) is 2.50.